The molecule has 118 valence electrons. The Bertz CT molecular complexity index is 754. The van der Waals surface area contributed by atoms with Crippen LogP contribution in [0.1, 0.15) is 25.7 Å². The second-order valence-electron chi connectivity index (χ2n) is 4.72. The van der Waals surface area contributed by atoms with E-state index in [1.165, 1.54) is 18.4 Å². The van der Waals surface area contributed by atoms with Gasteiger partial charge in [-0.15, -0.1) is 10.2 Å². The number of aromatic nitrogens is 2. The van der Waals surface area contributed by atoms with Gasteiger partial charge in [0.15, 0.2) is 0 Å². The van der Waals surface area contributed by atoms with Crippen LogP contribution in [0.3, 0.4) is 0 Å². The average Bonchev–Trinajstić information content (AvgIpc) is 3.07. The van der Waals surface area contributed by atoms with Gasteiger partial charge in [0.2, 0.25) is 11.0 Å². The molecule has 0 spiro atoms. The van der Waals surface area contributed by atoms with Gasteiger partial charge in [-0.05, 0) is 12.1 Å². The van der Waals surface area contributed by atoms with Crippen molar-refractivity contribution in [2.45, 2.75) is 6.61 Å². The number of hydrogen-bond acceptors (Lipinski definition) is 7. The van der Waals surface area contributed by atoms with Gasteiger partial charge in [-0.25, -0.2) is 0 Å². The van der Waals surface area contributed by atoms with Crippen molar-refractivity contribution in [1.29, 1.82) is 0 Å². The van der Waals surface area contributed by atoms with Crippen molar-refractivity contribution < 1.29 is 19.1 Å². The Hall–Kier alpha value is -2.65. The Morgan fingerprint density at radius 2 is 1.87 bits per heavy atom. The Balaban J connectivity index is 1.66. The maximum Gasteiger partial charge on any atom is 0.262 e. The Labute approximate surface area is 135 Å². The van der Waals surface area contributed by atoms with E-state index in [0.717, 1.165) is 4.90 Å². The second kappa shape index (κ2) is 6.23. The van der Waals surface area contributed by atoms with E-state index in [2.05, 4.69) is 15.5 Å². The molecule has 1 aliphatic rings. The molecule has 0 aliphatic carbocycles. The summed E-state index contributed by atoms with van der Waals surface area (Å²) in [6, 6.07) is 6.47. The lowest BCUT2D eigenvalue weighted by Gasteiger charge is -2.12. The monoisotopic (exact) mass is 332 g/mol. The number of benzene rings is 1. The Morgan fingerprint density at radius 3 is 2.48 bits per heavy atom. The fourth-order valence-electron chi connectivity index (χ4n) is 2.17. The van der Waals surface area contributed by atoms with Crippen LogP contribution in [-0.4, -0.2) is 46.5 Å². The smallest absolute Gasteiger partial charge is 0.262 e. The summed E-state index contributed by atoms with van der Waals surface area (Å²) in [4.78, 5) is 37.3. The van der Waals surface area contributed by atoms with Gasteiger partial charge in [0, 0.05) is 7.11 Å². The topological polar surface area (TPSA) is 101 Å². The van der Waals surface area contributed by atoms with Gasteiger partial charge in [0.05, 0.1) is 11.1 Å². The van der Waals surface area contributed by atoms with Crippen LogP contribution in [0.25, 0.3) is 0 Å². The van der Waals surface area contributed by atoms with E-state index in [0.29, 0.717) is 27.9 Å². The first-order valence-electron chi connectivity index (χ1n) is 6.66. The third kappa shape index (κ3) is 2.96. The summed E-state index contributed by atoms with van der Waals surface area (Å²) >= 11 is 1.17. The molecule has 0 radical (unpaired) electrons. The lowest BCUT2D eigenvalue weighted by molar-refractivity contribution is -0.116. The molecule has 1 aliphatic heterocycles. The number of imide groups is 1. The number of amides is 3. The molecule has 8 nitrogen and oxygen atoms in total. The number of fused-ring (bicyclic) bond motifs is 1. The van der Waals surface area contributed by atoms with Crippen molar-refractivity contribution in [2.75, 3.05) is 19.0 Å². The molecule has 0 saturated heterocycles. The Morgan fingerprint density at radius 1 is 1.22 bits per heavy atom. The first-order chi connectivity index (χ1) is 11.1. The highest BCUT2D eigenvalue weighted by Crippen LogP contribution is 2.22. The van der Waals surface area contributed by atoms with E-state index >= 15 is 0 Å². The molecule has 23 heavy (non-hydrogen) atoms. The highest BCUT2D eigenvalue weighted by atomic mass is 32.1. The maximum absolute atomic E-state index is 12.2. The molecular formula is C14H12N4O4S. The number of carbonyl (C=O) groups is 3. The van der Waals surface area contributed by atoms with E-state index in [1.54, 1.807) is 24.3 Å². The Kier molecular flexibility index (Phi) is 4.13. The zero-order valence-electron chi connectivity index (χ0n) is 12.1. The lowest BCUT2D eigenvalue weighted by atomic mass is 10.1. The third-order valence-electron chi connectivity index (χ3n) is 3.16. The molecule has 0 saturated carbocycles. The van der Waals surface area contributed by atoms with Gasteiger partial charge in [0.1, 0.15) is 18.2 Å². The fourth-order valence-corrected chi connectivity index (χ4v) is 2.90. The fraction of sp³-hybridized carbons (Fsp3) is 0.214. The summed E-state index contributed by atoms with van der Waals surface area (Å²) < 4.78 is 4.92. The van der Waals surface area contributed by atoms with Crippen molar-refractivity contribution in [2.24, 2.45) is 0 Å². The van der Waals surface area contributed by atoms with E-state index in [-0.39, 0.29) is 6.54 Å². The van der Waals surface area contributed by atoms with Crippen molar-refractivity contribution in [3.05, 3.63) is 40.4 Å². The van der Waals surface area contributed by atoms with Gasteiger partial charge >= 0.3 is 0 Å². The summed E-state index contributed by atoms with van der Waals surface area (Å²) in [6.45, 7) is -0.0719. The van der Waals surface area contributed by atoms with Crippen LogP contribution in [0.2, 0.25) is 0 Å². The predicted octanol–water partition coefficient (Wildman–Crippen LogP) is 0.919. The van der Waals surface area contributed by atoms with Gasteiger partial charge < -0.3 is 4.74 Å². The normalized spacial score (nSPS) is 13.3. The van der Waals surface area contributed by atoms with E-state index < -0.39 is 17.7 Å². The van der Waals surface area contributed by atoms with Gasteiger partial charge in [0.25, 0.3) is 11.8 Å². The number of nitrogens with zero attached hydrogens (tertiary/aromatic N) is 3. The number of methoxy groups -OCH3 is 1. The first-order valence-corrected chi connectivity index (χ1v) is 7.48. The van der Waals surface area contributed by atoms with Gasteiger partial charge in [-0.2, -0.15) is 0 Å². The van der Waals surface area contributed by atoms with Gasteiger partial charge in [-0.1, -0.05) is 23.5 Å². The molecule has 0 atom stereocenters. The van der Waals surface area contributed by atoms with Crippen LogP contribution < -0.4 is 5.32 Å². The van der Waals surface area contributed by atoms with E-state index in [1.807, 2.05) is 0 Å². The van der Waals surface area contributed by atoms with Gasteiger partial charge in [-0.3, -0.25) is 24.6 Å². The summed E-state index contributed by atoms with van der Waals surface area (Å²) in [5.41, 5.74) is 0.618. The third-order valence-corrected chi connectivity index (χ3v) is 3.97. The molecule has 1 N–H and O–H groups in total. The van der Waals surface area contributed by atoms with Crippen molar-refractivity contribution in [3.63, 3.8) is 0 Å². The summed E-state index contributed by atoms with van der Waals surface area (Å²) in [5.74, 6) is -1.46. The maximum atomic E-state index is 12.2. The molecule has 2 aromatic rings. The molecule has 2 heterocycles. The molecular weight excluding hydrogens is 320 g/mol. The summed E-state index contributed by atoms with van der Waals surface area (Å²) in [7, 11) is 1.53. The molecule has 0 unspecified atom stereocenters. The van der Waals surface area contributed by atoms with Crippen LogP contribution in [0.5, 0.6) is 0 Å². The van der Waals surface area contributed by atoms with Crippen molar-refractivity contribution in [1.82, 2.24) is 15.1 Å². The molecule has 9 heteroatoms. The van der Waals surface area contributed by atoms with Crippen LogP contribution in [0, 0.1) is 0 Å². The molecule has 1 aromatic carbocycles. The first kappa shape index (κ1) is 15.3. The van der Waals surface area contributed by atoms with Crippen molar-refractivity contribution >= 4 is 34.2 Å². The standard InChI is InChI=1S/C14H12N4O4S/c1-22-7-11-16-17-14(23-11)15-10(19)6-18-12(20)8-4-2-3-5-9(8)13(18)21/h2-5H,6-7H2,1H3,(H,15,17,19). The average molecular weight is 332 g/mol. The number of rotatable bonds is 5. The quantitative estimate of drug-likeness (QED) is 0.817. The number of hydrogen-bond donors (Lipinski definition) is 1. The SMILES string of the molecule is COCc1nnc(NC(=O)CN2C(=O)c3ccccc3C2=O)s1. The molecule has 0 fully saturated rings. The summed E-state index contributed by atoms with van der Waals surface area (Å²) in [6.07, 6.45) is 0. The summed E-state index contributed by atoms with van der Waals surface area (Å²) in [5, 5.41) is 11.1. The highest BCUT2D eigenvalue weighted by Gasteiger charge is 2.36. The van der Waals surface area contributed by atoms with Crippen LogP contribution >= 0.6 is 11.3 Å². The van der Waals surface area contributed by atoms with Crippen LogP contribution in [0.15, 0.2) is 24.3 Å². The van der Waals surface area contributed by atoms with Crippen molar-refractivity contribution in [3.8, 4) is 0 Å². The van der Waals surface area contributed by atoms with Crippen LogP contribution in [-0.2, 0) is 16.1 Å². The minimum Gasteiger partial charge on any atom is -0.377 e. The van der Waals surface area contributed by atoms with E-state index in [9.17, 15) is 14.4 Å². The number of ether oxygens (including phenoxy) is 1. The number of carbonyl (C=O) groups excluding carboxylic acids is 3. The molecule has 0 bridgehead atoms. The number of nitrogens with one attached hydrogen (secondary N) is 1. The number of anilines is 1. The largest absolute Gasteiger partial charge is 0.377 e. The minimum atomic E-state index is -0.514. The predicted molar refractivity (Wildman–Crippen MR) is 81.1 cm³/mol. The molecule has 3 rings (SSSR count). The zero-order valence-corrected chi connectivity index (χ0v) is 12.9. The van der Waals surface area contributed by atoms with Crippen LogP contribution in [0.4, 0.5) is 5.13 Å². The molecule has 3 amide bonds. The van der Waals surface area contributed by atoms with E-state index in [4.69, 9.17) is 4.74 Å². The lowest BCUT2D eigenvalue weighted by Crippen LogP contribution is -2.37. The second-order valence-corrected chi connectivity index (χ2v) is 5.79. The highest BCUT2D eigenvalue weighted by molar-refractivity contribution is 7.15. The zero-order chi connectivity index (χ0) is 16.4. The minimum absolute atomic E-state index is 0.290. The molecule has 1 aromatic heterocycles.